The summed E-state index contributed by atoms with van der Waals surface area (Å²) in [5.41, 5.74) is 1.74. The number of fused-ring (bicyclic) bond motifs is 1. The Morgan fingerprint density at radius 3 is 2.78 bits per heavy atom. The van der Waals surface area contributed by atoms with Crippen LogP contribution in [0.2, 0.25) is 0 Å². The van der Waals surface area contributed by atoms with E-state index in [0.29, 0.717) is 29.7 Å². The van der Waals surface area contributed by atoms with Crippen LogP contribution >= 0.6 is 0 Å². The van der Waals surface area contributed by atoms with Gasteiger partial charge in [-0.15, -0.1) is 0 Å². The lowest BCUT2D eigenvalue weighted by atomic mass is 9.86. The molecule has 0 saturated heterocycles. The summed E-state index contributed by atoms with van der Waals surface area (Å²) >= 11 is 0. The van der Waals surface area contributed by atoms with Gasteiger partial charge in [-0.1, -0.05) is 0 Å². The van der Waals surface area contributed by atoms with E-state index in [9.17, 15) is 26.9 Å². The molecule has 1 saturated carbocycles. The highest BCUT2D eigenvalue weighted by molar-refractivity contribution is 7.89. The summed E-state index contributed by atoms with van der Waals surface area (Å²) in [6.45, 7) is 0. The first-order valence-electron chi connectivity index (χ1n) is 8.25. The summed E-state index contributed by atoms with van der Waals surface area (Å²) in [5.74, 6) is -0.972. The van der Waals surface area contributed by atoms with Gasteiger partial charge in [0.05, 0.1) is 23.4 Å². The number of anilines is 1. The van der Waals surface area contributed by atoms with Crippen molar-refractivity contribution in [2.45, 2.75) is 37.5 Å². The van der Waals surface area contributed by atoms with E-state index in [4.69, 9.17) is 0 Å². The average Bonchev–Trinajstić information content (AvgIpc) is 3.02. The lowest BCUT2D eigenvalue weighted by molar-refractivity contribution is -0.130. The van der Waals surface area contributed by atoms with Crippen LogP contribution in [0.15, 0.2) is 18.5 Å². The van der Waals surface area contributed by atoms with Gasteiger partial charge in [-0.05, 0) is 18.9 Å². The van der Waals surface area contributed by atoms with Crippen molar-refractivity contribution in [2.75, 3.05) is 17.7 Å². The topological polar surface area (TPSA) is 102 Å². The zero-order chi connectivity index (χ0) is 19.8. The number of hydrogen-bond donors (Lipinski definition) is 2. The molecular formula is C16H18F3N5O2S. The van der Waals surface area contributed by atoms with Crippen LogP contribution in [0, 0.1) is 11.3 Å². The van der Waals surface area contributed by atoms with Crippen molar-refractivity contribution in [1.29, 1.82) is 5.26 Å². The Morgan fingerprint density at radius 2 is 2.15 bits per heavy atom. The highest BCUT2D eigenvalue weighted by Gasteiger charge is 2.37. The molecule has 0 amide bonds. The minimum absolute atomic E-state index is 0.0343. The van der Waals surface area contributed by atoms with Crippen LogP contribution < -0.4 is 9.62 Å². The summed E-state index contributed by atoms with van der Waals surface area (Å²) in [7, 11) is -2.18. The Balaban J connectivity index is 1.65. The number of H-pyrrole nitrogens is 1. The van der Waals surface area contributed by atoms with Gasteiger partial charge in [-0.25, -0.2) is 18.1 Å². The number of aromatic amines is 1. The van der Waals surface area contributed by atoms with E-state index in [2.05, 4.69) is 20.8 Å². The van der Waals surface area contributed by atoms with Crippen molar-refractivity contribution in [2.24, 2.45) is 0 Å². The molecular weight excluding hydrogens is 383 g/mol. The third-order valence-electron chi connectivity index (χ3n) is 4.69. The Bertz CT molecular complexity index is 974. The molecule has 7 nitrogen and oxygen atoms in total. The van der Waals surface area contributed by atoms with E-state index < -0.39 is 34.4 Å². The second kappa shape index (κ2) is 7.01. The molecule has 2 aromatic heterocycles. The van der Waals surface area contributed by atoms with Gasteiger partial charge in [0.25, 0.3) is 0 Å². The predicted octanol–water partition coefficient (Wildman–Crippen LogP) is 2.27. The van der Waals surface area contributed by atoms with Gasteiger partial charge in [0, 0.05) is 36.9 Å². The van der Waals surface area contributed by atoms with Crippen molar-refractivity contribution in [3.63, 3.8) is 0 Å². The van der Waals surface area contributed by atoms with Gasteiger partial charge < -0.3 is 9.88 Å². The summed E-state index contributed by atoms with van der Waals surface area (Å²) in [4.78, 5) is 9.05. The van der Waals surface area contributed by atoms with Crippen LogP contribution in [-0.2, 0) is 10.0 Å². The molecule has 2 aromatic rings. The highest BCUT2D eigenvalue weighted by Crippen LogP contribution is 2.35. The Morgan fingerprint density at radius 1 is 1.44 bits per heavy atom. The Labute approximate surface area is 154 Å². The molecule has 2 heterocycles. The van der Waals surface area contributed by atoms with Gasteiger partial charge in [-0.3, -0.25) is 0 Å². The third-order valence-corrected chi connectivity index (χ3v) is 6.13. The molecule has 0 aliphatic heterocycles. The minimum Gasteiger partial charge on any atom is -0.370 e. The van der Waals surface area contributed by atoms with E-state index in [1.54, 1.807) is 6.20 Å². The molecule has 1 aliphatic carbocycles. The maximum absolute atomic E-state index is 12.2. The average molecular weight is 401 g/mol. The number of pyridine rings is 1. The van der Waals surface area contributed by atoms with Gasteiger partial charge in [0.2, 0.25) is 10.0 Å². The van der Waals surface area contributed by atoms with Crippen LogP contribution in [0.3, 0.4) is 0 Å². The zero-order valence-corrected chi connectivity index (χ0v) is 15.2. The van der Waals surface area contributed by atoms with Crippen LogP contribution in [0.25, 0.3) is 11.0 Å². The SMILES string of the molecule is CN(c1c(C#N)cnc2[nH]ccc12)C1CC(NS(=O)(=O)CCC(F)(F)F)C1. The molecule has 11 heteroatoms. The van der Waals surface area contributed by atoms with Crippen molar-refractivity contribution in [3.8, 4) is 6.07 Å². The van der Waals surface area contributed by atoms with E-state index in [-0.39, 0.29) is 6.04 Å². The third kappa shape index (κ3) is 4.33. The van der Waals surface area contributed by atoms with E-state index in [0.717, 1.165) is 5.39 Å². The van der Waals surface area contributed by atoms with Gasteiger partial charge in [0.1, 0.15) is 11.7 Å². The number of nitrogens with zero attached hydrogens (tertiary/aromatic N) is 3. The van der Waals surface area contributed by atoms with Crippen molar-refractivity contribution >= 4 is 26.7 Å². The van der Waals surface area contributed by atoms with E-state index in [1.165, 1.54) is 6.20 Å². The number of hydrogen-bond acceptors (Lipinski definition) is 5. The molecule has 0 atom stereocenters. The number of alkyl halides is 3. The first-order valence-corrected chi connectivity index (χ1v) is 9.90. The molecule has 0 unspecified atom stereocenters. The standard InChI is InChI=1S/C16H18F3N5O2S/c1-24(14-10(8-20)9-22-15-13(14)2-4-21-15)12-6-11(7-12)23-27(25,26)5-3-16(17,18)19/h2,4,9,11-12,23H,3,5-7H2,1H3,(H,21,22). The van der Waals surface area contributed by atoms with Gasteiger partial charge in [0.15, 0.2) is 0 Å². The number of nitrogens with one attached hydrogen (secondary N) is 2. The van der Waals surface area contributed by atoms with Crippen molar-refractivity contribution in [1.82, 2.24) is 14.7 Å². The van der Waals surface area contributed by atoms with E-state index >= 15 is 0 Å². The van der Waals surface area contributed by atoms with Crippen molar-refractivity contribution in [3.05, 3.63) is 24.0 Å². The molecule has 1 fully saturated rings. The monoisotopic (exact) mass is 401 g/mol. The molecule has 0 aromatic carbocycles. The Kier molecular flexibility index (Phi) is 5.05. The van der Waals surface area contributed by atoms with Crippen LogP contribution in [-0.4, -0.2) is 49.4 Å². The molecule has 0 spiro atoms. The number of nitriles is 1. The summed E-state index contributed by atoms with van der Waals surface area (Å²) < 4.78 is 62.5. The lowest BCUT2D eigenvalue weighted by Crippen LogP contribution is -2.53. The molecule has 2 N–H and O–H groups in total. The maximum atomic E-state index is 12.2. The quantitative estimate of drug-likeness (QED) is 0.773. The van der Waals surface area contributed by atoms with Gasteiger partial charge >= 0.3 is 6.18 Å². The minimum atomic E-state index is -4.51. The first kappa shape index (κ1) is 19.4. The van der Waals surface area contributed by atoms with Crippen LogP contribution in [0.1, 0.15) is 24.8 Å². The molecule has 1 aliphatic rings. The largest absolute Gasteiger partial charge is 0.390 e. The molecule has 0 bridgehead atoms. The number of aromatic nitrogens is 2. The molecule has 27 heavy (non-hydrogen) atoms. The van der Waals surface area contributed by atoms with Gasteiger partial charge in [-0.2, -0.15) is 18.4 Å². The zero-order valence-electron chi connectivity index (χ0n) is 14.4. The normalized spacial score (nSPS) is 20.3. The van der Waals surface area contributed by atoms with E-state index in [1.807, 2.05) is 18.0 Å². The molecule has 146 valence electrons. The predicted molar refractivity (Wildman–Crippen MR) is 93.6 cm³/mol. The highest BCUT2D eigenvalue weighted by atomic mass is 32.2. The lowest BCUT2D eigenvalue weighted by Gasteiger charge is -2.42. The molecule has 3 rings (SSSR count). The summed E-state index contributed by atoms with van der Waals surface area (Å²) in [6.07, 6.45) is -1.79. The fourth-order valence-corrected chi connectivity index (χ4v) is 4.52. The van der Waals surface area contributed by atoms with Crippen molar-refractivity contribution < 1.29 is 21.6 Å². The summed E-state index contributed by atoms with van der Waals surface area (Å²) in [6, 6.07) is 3.47. The van der Waals surface area contributed by atoms with Crippen LogP contribution in [0.5, 0.6) is 0 Å². The fraction of sp³-hybridized carbons (Fsp3) is 0.500. The maximum Gasteiger partial charge on any atom is 0.390 e. The number of rotatable bonds is 6. The second-order valence-corrected chi connectivity index (χ2v) is 8.48. The summed E-state index contributed by atoms with van der Waals surface area (Å²) in [5, 5.41) is 10.1. The smallest absolute Gasteiger partial charge is 0.370 e. The fourth-order valence-electron chi connectivity index (χ4n) is 3.20. The Hall–Kier alpha value is -2.32. The number of sulfonamides is 1. The first-order chi connectivity index (χ1) is 12.6. The van der Waals surface area contributed by atoms with Crippen LogP contribution in [0.4, 0.5) is 18.9 Å². The number of halogens is 3. The molecule has 0 radical (unpaired) electrons. The second-order valence-electron chi connectivity index (χ2n) is 6.61.